The Morgan fingerprint density at radius 1 is 0.725 bits per heavy atom. The summed E-state index contributed by atoms with van der Waals surface area (Å²) in [5, 5.41) is 0.488. The standard InChI is InChI=1S/C32H20Cl3NO4/c33-25-15-6-1-8-19(25)17-40-30(39)18-9-7-10-20(16-18)36-28(37)26-27(29(36)38)32(35)22-12-3-2-11-21(22)31(26,34)23-13-4-5-14-24(23)32/h1-16,26-27H,17H2/t26-,27-,31?,32?/m1/s1. The van der Waals surface area contributed by atoms with Crippen molar-refractivity contribution in [2.24, 2.45) is 11.8 Å². The van der Waals surface area contributed by atoms with Crippen molar-refractivity contribution < 1.29 is 19.1 Å². The van der Waals surface area contributed by atoms with Crippen molar-refractivity contribution in [2.75, 3.05) is 4.90 Å². The second-order valence-electron chi connectivity index (χ2n) is 10.2. The second-order valence-corrected chi connectivity index (χ2v) is 11.8. The predicted octanol–water partition coefficient (Wildman–Crippen LogP) is 6.79. The molecule has 3 aliphatic carbocycles. The van der Waals surface area contributed by atoms with Gasteiger partial charge in [0.25, 0.3) is 0 Å². The van der Waals surface area contributed by atoms with E-state index in [0.717, 1.165) is 27.2 Å². The average Bonchev–Trinajstić information content (AvgIpc) is 3.26. The molecule has 0 spiro atoms. The fraction of sp³-hybridized carbons (Fsp3) is 0.156. The number of carbonyl (C=O) groups is 3. The lowest BCUT2D eigenvalue weighted by molar-refractivity contribution is -0.122. The predicted molar refractivity (Wildman–Crippen MR) is 153 cm³/mol. The summed E-state index contributed by atoms with van der Waals surface area (Å²) in [6, 6.07) is 28.3. The Kier molecular flexibility index (Phi) is 5.66. The first-order valence-electron chi connectivity index (χ1n) is 12.7. The van der Waals surface area contributed by atoms with Crippen molar-refractivity contribution in [3.05, 3.63) is 135 Å². The lowest BCUT2D eigenvalue weighted by Crippen LogP contribution is -2.57. The van der Waals surface area contributed by atoms with Crippen molar-refractivity contribution in [3.63, 3.8) is 0 Å². The summed E-state index contributed by atoms with van der Waals surface area (Å²) in [5.41, 5.74) is 4.02. The van der Waals surface area contributed by atoms with Gasteiger partial charge in [-0.2, -0.15) is 0 Å². The molecule has 5 nitrogen and oxygen atoms in total. The number of benzene rings is 4. The molecule has 2 atom stereocenters. The number of esters is 1. The van der Waals surface area contributed by atoms with Gasteiger partial charge in [0.15, 0.2) is 0 Å². The largest absolute Gasteiger partial charge is 0.457 e. The Labute approximate surface area is 245 Å². The van der Waals surface area contributed by atoms with Crippen molar-refractivity contribution in [3.8, 4) is 0 Å². The van der Waals surface area contributed by atoms with Gasteiger partial charge >= 0.3 is 5.97 Å². The highest BCUT2D eigenvalue weighted by atomic mass is 35.5. The minimum absolute atomic E-state index is 0.0193. The molecule has 0 N–H and O–H groups in total. The third-order valence-electron chi connectivity index (χ3n) is 8.24. The molecule has 1 saturated heterocycles. The van der Waals surface area contributed by atoms with E-state index in [1.807, 2.05) is 48.5 Å². The highest BCUT2D eigenvalue weighted by Gasteiger charge is 2.73. The summed E-state index contributed by atoms with van der Waals surface area (Å²) in [4.78, 5) is 39.8. The Morgan fingerprint density at radius 3 is 1.75 bits per heavy atom. The van der Waals surface area contributed by atoms with Crippen LogP contribution in [-0.4, -0.2) is 17.8 Å². The van der Waals surface area contributed by atoms with E-state index in [1.165, 1.54) is 6.07 Å². The van der Waals surface area contributed by atoms with E-state index in [4.69, 9.17) is 39.5 Å². The summed E-state index contributed by atoms with van der Waals surface area (Å²) in [6.07, 6.45) is 0. The van der Waals surface area contributed by atoms with E-state index in [-0.39, 0.29) is 17.9 Å². The normalized spacial score (nSPS) is 25.8. The van der Waals surface area contributed by atoms with Gasteiger partial charge in [-0.1, -0.05) is 84.4 Å². The topological polar surface area (TPSA) is 63.7 Å². The van der Waals surface area contributed by atoms with Gasteiger partial charge in [0.05, 0.1) is 23.1 Å². The van der Waals surface area contributed by atoms with Crippen molar-refractivity contribution in [2.45, 2.75) is 16.4 Å². The van der Waals surface area contributed by atoms with Gasteiger partial charge in [0.1, 0.15) is 16.4 Å². The fourth-order valence-corrected chi connectivity index (χ4v) is 7.82. The number of imide groups is 1. The first-order chi connectivity index (χ1) is 19.3. The van der Waals surface area contributed by atoms with Crippen LogP contribution in [0.5, 0.6) is 0 Å². The zero-order valence-electron chi connectivity index (χ0n) is 20.8. The number of hydrogen-bond acceptors (Lipinski definition) is 4. The number of carbonyl (C=O) groups excluding carboxylic acids is 3. The zero-order valence-corrected chi connectivity index (χ0v) is 23.1. The van der Waals surface area contributed by atoms with E-state index in [2.05, 4.69) is 0 Å². The average molecular weight is 589 g/mol. The van der Waals surface area contributed by atoms with E-state index >= 15 is 0 Å². The molecule has 0 radical (unpaired) electrons. The molecule has 8 heteroatoms. The Hall–Kier alpha value is -3.64. The molecule has 2 bridgehead atoms. The smallest absolute Gasteiger partial charge is 0.338 e. The maximum Gasteiger partial charge on any atom is 0.338 e. The molecule has 4 aliphatic rings. The van der Waals surface area contributed by atoms with Gasteiger partial charge in [0, 0.05) is 10.6 Å². The van der Waals surface area contributed by atoms with Crippen LogP contribution in [0.2, 0.25) is 5.02 Å². The number of ether oxygens (including phenoxy) is 1. The van der Waals surface area contributed by atoms with Crippen LogP contribution in [0.15, 0.2) is 97.1 Å². The number of amides is 2. The van der Waals surface area contributed by atoms with Gasteiger partial charge in [-0.15, -0.1) is 23.2 Å². The fourth-order valence-electron chi connectivity index (χ4n) is 6.54. The molecule has 40 heavy (non-hydrogen) atoms. The molecular formula is C32H20Cl3NO4. The number of halogens is 3. The molecule has 0 saturated carbocycles. The maximum atomic E-state index is 14.2. The van der Waals surface area contributed by atoms with E-state index in [1.54, 1.807) is 42.5 Å². The summed E-state index contributed by atoms with van der Waals surface area (Å²) >= 11 is 21.2. The van der Waals surface area contributed by atoms with E-state index in [0.29, 0.717) is 10.6 Å². The maximum absolute atomic E-state index is 14.2. The number of hydrogen-bond donors (Lipinski definition) is 0. The third kappa shape index (κ3) is 3.26. The summed E-state index contributed by atoms with van der Waals surface area (Å²) in [6.45, 7) is -0.0193. The number of alkyl halides is 2. The SMILES string of the molecule is O=C(OCc1ccccc1Cl)c1cccc(N2C(=O)[C@H]3[C@H](C2=O)C2(Cl)c4ccccc4C3(Cl)c3ccccc32)c1. The zero-order chi connectivity index (χ0) is 27.8. The molecule has 8 rings (SSSR count). The highest BCUT2D eigenvalue weighted by molar-refractivity contribution is 6.38. The van der Waals surface area contributed by atoms with Crippen molar-refractivity contribution >= 4 is 58.3 Å². The summed E-state index contributed by atoms with van der Waals surface area (Å²) < 4.78 is 5.47. The van der Waals surface area contributed by atoms with Crippen molar-refractivity contribution in [1.29, 1.82) is 0 Å². The molecular weight excluding hydrogens is 569 g/mol. The molecule has 2 amide bonds. The third-order valence-corrected chi connectivity index (χ3v) is 9.90. The summed E-state index contributed by atoms with van der Waals surface area (Å²) in [5.74, 6) is -3.39. The molecule has 4 aromatic rings. The van der Waals surface area contributed by atoms with Gasteiger partial charge in [0.2, 0.25) is 11.8 Å². The van der Waals surface area contributed by atoms with Gasteiger partial charge in [-0.3, -0.25) is 9.59 Å². The second kappa shape index (κ2) is 8.93. The minimum Gasteiger partial charge on any atom is -0.457 e. The monoisotopic (exact) mass is 587 g/mol. The number of nitrogens with zero attached hydrogens (tertiary/aromatic N) is 1. The molecule has 0 unspecified atom stereocenters. The first-order valence-corrected chi connectivity index (χ1v) is 13.9. The number of anilines is 1. The Balaban J connectivity index is 1.28. The van der Waals surface area contributed by atoms with E-state index < -0.39 is 39.4 Å². The Morgan fingerprint density at radius 2 is 1.23 bits per heavy atom. The Bertz CT molecular complexity index is 1630. The van der Waals surface area contributed by atoms with Crippen LogP contribution in [0.25, 0.3) is 0 Å². The molecule has 198 valence electrons. The molecule has 4 aromatic carbocycles. The first kappa shape index (κ1) is 25.3. The van der Waals surface area contributed by atoms with E-state index in [9.17, 15) is 14.4 Å². The number of rotatable bonds is 4. The highest BCUT2D eigenvalue weighted by Crippen LogP contribution is 2.69. The van der Waals surface area contributed by atoms with Gasteiger partial charge in [-0.05, 0) is 46.5 Å². The molecule has 1 heterocycles. The van der Waals surface area contributed by atoms with Crippen molar-refractivity contribution in [1.82, 2.24) is 0 Å². The molecule has 0 aromatic heterocycles. The van der Waals surface area contributed by atoms with Crippen LogP contribution >= 0.6 is 34.8 Å². The van der Waals surface area contributed by atoms with Crippen LogP contribution in [0.4, 0.5) is 5.69 Å². The molecule has 1 aliphatic heterocycles. The quantitative estimate of drug-likeness (QED) is 0.150. The van der Waals surface area contributed by atoms with Gasteiger partial charge in [-0.25, -0.2) is 9.69 Å². The van der Waals surface area contributed by atoms with Crippen LogP contribution in [0.3, 0.4) is 0 Å². The van der Waals surface area contributed by atoms with Crippen LogP contribution in [0.1, 0.15) is 38.2 Å². The van der Waals surface area contributed by atoms with Crippen LogP contribution in [0, 0.1) is 11.8 Å². The minimum atomic E-state index is -1.28. The van der Waals surface area contributed by atoms with Gasteiger partial charge < -0.3 is 4.74 Å². The van der Waals surface area contributed by atoms with Crippen LogP contribution < -0.4 is 4.90 Å². The lowest BCUT2D eigenvalue weighted by atomic mass is 9.54. The molecule has 1 fully saturated rings. The van der Waals surface area contributed by atoms with Crippen LogP contribution in [-0.2, 0) is 30.7 Å². The summed E-state index contributed by atoms with van der Waals surface area (Å²) in [7, 11) is 0. The lowest BCUT2D eigenvalue weighted by Gasteiger charge is -2.54.